The Bertz CT molecular complexity index is 865. The number of hydrogen-bond donors (Lipinski definition) is 2. The molecule has 0 aromatic heterocycles. The van der Waals surface area contributed by atoms with Crippen molar-refractivity contribution < 1.29 is 37.0 Å². The number of alkyl halides is 3. The van der Waals surface area contributed by atoms with Crippen molar-refractivity contribution in [1.82, 2.24) is 5.32 Å². The van der Waals surface area contributed by atoms with Crippen LogP contribution in [-0.4, -0.2) is 30.8 Å². The van der Waals surface area contributed by atoms with Gasteiger partial charge in [-0.1, -0.05) is 12.1 Å². The molecule has 2 rings (SSSR count). The topological polar surface area (TPSA) is 93.7 Å². The number of anilines is 1. The molecule has 10 heteroatoms. The number of halogens is 3. The minimum absolute atomic E-state index is 0.173. The molecule has 0 radical (unpaired) electrons. The van der Waals surface area contributed by atoms with Gasteiger partial charge in [0.1, 0.15) is 5.75 Å². The molecule has 2 amide bonds. The van der Waals surface area contributed by atoms with Crippen molar-refractivity contribution in [2.45, 2.75) is 19.6 Å². The van der Waals surface area contributed by atoms with Crippen LogP contribution in [0.3, 0.4) is 0 Å². The first-order chi connectivity index (χ1) is 13.7. The molecule has 0 bridgehead atoms. The van der Waals surface area contributed by atoms with Gasteiger partial charge in [0.15, 0.2) is 0 Å². The number of amides is 2. The normalized spacial score (nSPS) is 10.8. The van der Waals surface area contributed by atoms with E-state index in [9.17, 15) is 27.6 Å². The Morgan fingerprint density at radius 1 is 0.966 bits per heavy atom. The molecular formula is C19H17F3N2O5. The first kappa shape index (κ1) is 21.7. The first-order valence-corrected chi connectivity index (χ1v) is 8.39. The van der Waals surface area contributed by atoms with Crippen LogP contribution in [0.1, 0.15) is 22.8 Å². The zero-order valence-electron chi connectivity index (χ0n) is 15.2. The SMILES string of the molecule is CCOC(=O)Oc1ccc(C(=O)Nc2ccc(CNC(=O)C(F)(F)F)cc2)cc1. The minimum atomic E-state index is -4.94. The van der Waals surface area contributed by atoms with E-state index in [-0.39, 0.29) is 18.9 Å². The highest BCUT2D eigenvalue weighted by molar-refractivity contribution is 6.04. The molecular weight excluding hydrogens is 393 g/mol. The third-order valence-corrected chi connectivity index (χ3v) is 3.50. The molecule has 7 nitrogen and oxygen atoms in total. The predicted molar refractivity (Wildman–Crippen MR) is 96.4 cm³/mol. The summed E-state index contributed by atoms with van der Waals surface area (Å²) in [6.07, 6.45) is -5.79. The van der Waals surface area contributed by atoms with Gasteiger partial charge in [0, 0.05) is 17.8 Å². The van der Waals surface area contributed by atoms with E-state index in [1.54, 1.807) is 12.2 Å². The van der Waals surface area contributed by atoms with Crippen LogP contribution in [0.2, 0.25) is 0 Å². The molecule has 2 N–H and O–H groups in total. The Hall–Kier alpha value is -3.56. The standard InChI is InChI=1S/C19H17F3N2O5/c1-2-28-18(27)29-15-9-5-13(6-10-15)16(25)24-14-7-3-12(4-8-14)11-23-17(26)19(20,21)22/h3-10H,2,11H2,1H3,(H,23,26)(H,24,25). The van der Waals surface area contributed by atoms with Crippen molar-refractivity contribution in [2.75, 3.05) is 11.9 Å². The Labute approximate surface area is 163 Å². The van der Waals surface area contributed by atoms with E-state index in [4.69, 9.17) is 4.74 Å². The summed E-state index contributed by atoms with van der Waals surface area (Å²) in [6, 6.07) is 11.7. The molecule has 0 spiro atoms. The summed E-state index contributed by atoms with van der Waals surface area (Å²) in [5.41, 5.74) is 1.14. The molecule has 154 valence electrons. The van der Waals surface area contributed by atoms with Crippen molar-refractivity contribution in [2.24, 2.45) is 0 Å². The van der Waals surface area contributed by atoms with Gasteiger partial charge in [0.05, 0.1) is 6.61 Å². The Balaban J connectivity index is 1.90. The van der Waals surface area contributed by atoms with Crippen molar-refractivity contribution in [3.8, 4) is 5.75 Å². The second-order valence-electron chi connectivity index (χ2n) is 5.64. The molecule has 0 heterocycles. The molecule has 0 aliphatic heterocycles. The van der Waals surface area contributed by atoms with Gasteiger partial charge in [-0.2, -0.15) is 13.2 Å². The average Bonchev–Trinajstić information content (AvgIpc) is 2.67. The Morgan fingerprint density at radius 2 is 1.59 bits per heavy atom. The summed E-state index contributed by atoms with van der Waals surface area (Å²) < 4.78 is 46.0. The van der Waals surface area contributed by atoms with Crippen LogP contribution in [0, 0.1) is 0 Å². The van der Waals surface area contributed by atoms with E-state index in [0.717, 1.165) is 0 Å². The zero-order chi connectivity index (χ0) is 21.4. The van der Waals surface area contributed by atoms with Crippen molar-refractivity contribution in [1.29, 1.82) is 0 Å². The van der Waals surface area contributed by atoms with Gasteiger partial charge in [-0.15, -0.1) is 0 Å². The van der Waals surface area contributed by atoms with E-state index < -0.39 is 24.1 Å². The van der Waals surface area contributed by atoms with E-state index in [1.165, 1.54) is 48.5 Å². The molecule has 29 heavy (non-hydrogen) atoms. The maximum atomic E-state index is 12.2. The number of carbonyl (C=O) groups excluding carboxylic acids is 3. The molecule has 0 fully saturated rings. The largest absolute Gasteiger partial charge is 0.513 e. The highest BCUT2D eigenvalue weighted by Gasteiger charge is 2.38. The molecule has 0 saturated heterocycles. The summed E-state index contributed by atoms with van der Waals surface area (Å²) in [5.74, 6) is -2.25. The lowest BCUT2D eigenvalue weighted by Gasteiger charge is -2.09. The third kappa shape index (κ3) is 6.83. The fraction of sp³-hybridized carbons (Fsp3) is 0.211. The zero-order valence-corrected chi connectivity index (χ0v) is 15.2. The van der Waals surface area contributed by atoms with Gasteiger partial charge in [-0.25, -0.2) is 4.79 Å². The van der Waals surface area contributed by atoms with E-state index in [2.05, 4.69) is 10.1 Å². The number of ether oxygens (including phenoxy) is 2. The van der Waals surface area contributed by atoms with Crippen LogP contribution in [-0.2, 0) is 16.1 Å². The molecule has 0 atom stereocenters. The van der Waals surface area contributed by atoms with E-state index in [1.807, 2.05) is 0 Å². The van der Waals surface area contributed by atoms with Gasteiger partial charge in [0.2, 0.25) is 0 Å². The van der Waals surface area contributed by atoms with Gasteiger partial charge in [-0.05, 0) is 48.9 Å². The van der Waals surface area contributed by atoms with Crippen LogP contribution < -0.4 is 15.4 Å². The lowest BCUT2D eigenvalue weighted by molar-refractivity contribution is -0.173. The summed E-state index contributed by atoms with van der Waals surface area (Å²) >= 11 is 0. The first-order valence-electron chi connectivity index (χ1n) is 8.39. The number of benzene rings is 2. The van der Waals surface area contributed by atoms with Gasteiger partial charge in [0.25, 0.3) is 5.91 Å². The van der Waals surface area contributed by atoms with E-state index in [0.29, 0.717) is 16.8 Å². The minimum Gasteiger partial charge on any atom is -0.434 e. The van der Waals surface area contributed by atoms with Crippen LogP contribution in [0.15, 0.2) is 48.5 Å². The Morgan fingerprint density at radius 3 is 2.14 bits per heavy atom. The second-order valence-corrected chi connectivity index (χ2v) is 5.64. The maximum Gasteiger partial charge on any atom is 0.513 e. The number of nitrogens with one attached hydrogen (secondary N) is 2. The monoisotopic (exact) mass is 410 g/mol. The van der Waals surface area contributed by atoms with E-state index >= 15 is 0 Å². The van der Waals surface area contributed by atoms with Gasteiger partial charge >= 0.3 is 18.2 Å². The smallest absolute Gasteiger partial charge is 0.434 e. The summed E-state index contributed by atoms with van der Waals surface area (Å²) in [5, 5.41) is 4.37. The average molecular weight is 410 g/mol. The quantitative estimate of drug-likeness (QED) is 0.560. The van der Waals surface area contributed by atoms with Crippen LogP contribution >= 0.6 is 0 Å². The fourth-order valence-electron chi connectivity index (χ4n) is 2.11. The lowest BCUT2D eigenvalue weighted by Crippen LogP contribution is -2.36. The summed E-state index contributed by atoms with van der Waals surface area (Å²) in [6.45, 7) is 1.51. The molecule has 2 aromatic carbocycles. The van der Waals surface area contributed by atoms with Crippen LogP contribution in [0.25, 0.3) is 0 Å². The Kier molecular flexibility index (Phi) is 7.18. The van der Waals surface area contributed by atoms with Crippen molar-refractivity contribution in [3.63, 3.8) is 0 Å². The van der Waals surface area contributed by atoms with Crippen LogP contribution in [0.5, 0.6) is 5.75 Å². The third-order valence-electron chi connectivity index (χ3n) is 3.50. The highest BCUT2D eigenvalue weighted by atomic mass is 19.4. The van der Waals surface area contributed by atoms with Crippen LogP contribution in [0.4, 0.5) is 23.7 Å². The van der Waals surface area contributed by atoms with Crippen molar-refractivity contribution in [3.05, 3.63) is 59.7 Å². The molecule has 2 aromatic rings. The molecule has 0 unspecified atom stereocenters. The van der Waals surface area contributed by atoms with Crippen molar-refractivity contribution >= 4 is 23.7 Å². The fourth-order valence-corrected chi connectivity index (χ4v) is 2.11. The van der Waals surface area contributed by atoms with Gasteiger partial charge < -0.3 is 20.1 Å². The molecule has 0 aliphatic rings. The number of carbonyl (C=O) groups is 3. The summed E-state index contributed by atoms with van der Waals surface area (Å²) in [4.78, 5) is 34.3. The molecule has 0 saturated carbocycles. The molecule has 0 aliphatic carbocycles. The lowest BCUT2D eigenvalue weighted by atomic mass is 10.1. The van der Waals surface area contributed by atoms with Gasteiger partial charge in [-0.3, -0.25) is 9.59 Å². The predicted octanol–water partition coefficient (Wildman–Crippen LogP) is 3.65. The second kappa shape index (κ2) is 9.58. The maximum absolute atomic E-state index is 12.2. The number of hydrogen-bond acceptors (Lipinski definition) is 5. The summed E-state index contributed by atoms with van der Waals surface area (Å²) in [7, 11) is 0. The number of rotatable bonds is 6. The highest BCUT2D eigenvalue weighted by Crippen LogP contribution is 2.17.